The van der Waals surface area contributed by atoms with Gasteiger partial charge in [-0.05, 0) is 43.5 Å². The van der Waals surface area contributed by atoms with Gasteiger partial charge in [-0.3, -0.25) is 4.79 Å². The molecule has 0 bridgehead atoms. The van der Waals surface area contributed by atoms with E-state index in [1.165, 1.54) is 18.2 Å². The van der Waals surface area contributed by atoms with Gasteiger partial charge in [0, 0.05) is 26.1 Å². The summed E-state index contributed by atoms with van der Waals surface area (Å²) in [7, 11) is 0. The van der Waals surface area contributed by atoms with Crippen LogP contribution in [0.5, 0.6) is 0 Å². The third-order valence-electron chi connectivity index (χ3n) is 3.85. The molecule has 0 radical (unpaired) electrons. The summed E-state index contributed by atoms with van der Waals surface area (Å²) in [5, 5.41) is 11.6. The first-order valence-electron chi connectivity index (χ1n) is 7.26. The van der Waals surface area contributed by atoms with Gasteiger partial charge >= 0.3 is 0 Å². The van der Waals surface area contributed by atoms with E-state index in [1.807, 2.05) is 0 Å². The summed E-state index contributed by atoms with van der Waals surface area (Å²) in [6.45, 7) is 2.82. The molecule has 1 aliphatic heterocycles. The molecule has 1 unspecified atom stereocenters. The SMILES string of the molecule is Nc1cc(F)ccc1NC(=O)CCN1CCC(CCO)C1. The van der Waals surface area contributed by atoms with Gasteiger partial charge in [-0.25, -0.2) is 4.39 Å². The zero-order valence-corrected chi connectivity index (χ0v) is 12.0. The summed E-state index contributed by atoms with van der Waals surface area (Å²) in [5.74, 6) is -0.0118. The fraction of sp³-hybridized carbons (Fsp3) is 0.533. The van der Waals surface area contributed by atoms with E-state index in [2.05, 4.69) is 10.2 Å². The Kier molecular flexibility index (Phi) is 5.52. The number of likely N-dealkylation sites (tertiary alicyclic amines) is 1. The molecule has 1 aromatic rings. The van der Waals surface area contributed by atoms with Crippen LogP contribution in [0.3, 0.4) is 0 Å². The Morgan fingerprint density at radius 3 is 3.05 bits per heavy atom. The summed E-state index contributed by atoms with van der Waals surface area (Å²) >= 11 is 0. The van der Waals surface area contributed by atoms with E-state index in [0.29, 0.717) is 24.6 Å². The van der Waals surface area contributed by atoms with E-state index >= 15 is 0 Å². The first kappa shape index (κ1) is 15.7. The molecule has 0 spiro atoms. The molecule has 6 heteroatoms. The van der Waals surface area contributed by atoms with Crippen LogP contribution in [0.15, 0.2) is 18.2 Å². The number of aliphatic hydroxyl groups is 1. The van der Waals surface area contributed by atoms with Crippen LogP contribution in [0.4, 0.5) is 15.8 Å². The van der Waals surface area contributed by atoms with E-state index in [0.717, 1.165) is 25.9 Å². The number of carbonyl (C=O) groups is 1. The largest absolute Gasteiger partial charge is 0.397 e. The van der Waals surface area contributed by atoms with Crippen LogP contribution < -0.4 is 11.1 Å². The molecule has 4 N–H and O–H groups in total. The standard InChI is InChI=1S/C15H22FN3O2/c16-12-1-2-14(13(17)9-12)18-15(21)4-7-19-6-3-11(10-19)5-8-20/h1-2,9,11,20H,3-8,10,17H2,(H,18,21). The van der Waals surface area contributed by atoms with E-state index in [9.17, 15) is 9.18 Å². The lowest BCUT2D eigenvalue weighted by molar-refractivity contribution is -0.116. The molecular weight excluding hydrogens is 273 g/mol. The predicted molar refractivity (Wildman–Crippen MR) is 80.3 cm³/mol. The number of amides is 1. The molecule has 1 aromatic carbocycles. The van der Waals surface area contributed by atoms with E-state index < -0.39 is 5.82 Å². The number of hydrogen-bond acceptors (Lipinski definition) is 4. The van der Waals surface area contributed by atoms with Crippen LogP contribution in [0.25, 0.3) is 0 Å². The van der Waals surface area contributed by atoms with E-state index in [1.54, 1.807) is 0 Å². The summed E-state index contributed by atoms with van der Waals surface area (Å²) in [6.07, 6.45) is 2.28. The third-order valence-corrected chi connectivity index (χ3v) is 3.85. The number of hydrogen-bond donors (Lipinski definition) is 3. The average molecular weight is 295 g/mol. The van der Waals surface area contributed by atoms with Crippen molar-refractivity contribution in [3.63, 3.8) is 0 Å². The second-order valence-electron chi connectivity index (χ2n) is 5.50. The maximum Gasteiger partial charge on any atom is 0.225 e. The van der Waals surface area contributed by atoms with Gasteiger partial charge in [0.1, 0.15) is 5.82 Å². The van der Waals surface area contributed by atoms with Crippen LogP contribution in [0.2, 0.25) is 0 Å². The van der Waals surface area contributed by atoms with Crippen molar-refractivity contribution in [2.45, 2.75) is 19.3 Å². The predicted octanol–water partition coefficient (Wildman–Crippen LogP) is 1.44. The highest BCUT2D eigenvalue weighted by Crippen LogP contribution is 2.21. The number of carbonyl (C=O) groups excluding carboxylic acids is 1. The number of nitrogens with two attached hydrogens (primary N) is 1. The van der Waals surface area contributed by atoms with Crippen LogP contribution in [-0.2, 0) is 4.79 Å². The molecule has 0 aromatic heterocycles. The van der Waals surface area contributed by atoms with E-state index in [-0.39, 0.29) is 18.2 Å². The van der Waals surface area contributed by atoms with Gasteiger partial charge in [0.15, 0.2) is 0 Å². The molecule has 2 rings (SSSR count). The Bertz CT molecular complexity index is 496. The van der Waals surface area contributed by atoms with Crippen molar-refractivity contribution in [3.05, 3.63) is 24.0 Å². The van der Waals surface area contributed by atoms with Gasteiger partial charge in [-0.2, -0.15) is 0 Å². The average Bonchev–Trinajstić information content (AvgIpc) is 2.88. The molecular formula is C15H22FN3O2. The second kappa shape index (κ2) is 7.38. The summed E-state index contributed by atoms with van der Waals surface area (Å²) in [6, 6.07) is 3.93. The van der Waals surface area contributed by atoms with E-state index in [4.69, 9.17) is 10.8 Å². The minimum Gasteiger partial charge on any atom is -0.397 e. The number of anilines is 2. The van der Waals surface area contributed by atoms with Gasteiger partial charge in [0.25, 0.3) is 0 Å². The summed E-state index contributed by atoms with van der Waals surface area (Å²) in [4.78, 5) is 14.1. The number of halogens is 1. The number of nitrogen functional groups attached to an aromatic ring is 1. The van der Waals surface area contributed by atoms with Crippen LogP contribution in [0, 0.1) is 11.7 Å². The lowest BCUT2D eigenvalue weighted by Gasteiger charge is -2.15. The van der Waals surface area contributed by atoms with Gasteiger partial charge in [-0.1, -0.05) is 0 Å². The zero-order chi connectivity index (χ0) is 15.2. The Labute approximate surface area is 123 Å². The van der Waals surface area contributed by atoms with Gasteiger partial charge in [-0.15, -0.1) is 0 Å². The fourth-order valence-electron chi connectivity index (χ4n) is 2.65. The molecule has 1 atom stereocenters. The number of rotatable bonds is 6. The number of benzene rings is 1. The number of nitrogens with zero attached hydrogens (tertiary/aromatic N) is 1. The molecule has 0 saturated carbocycles. The third kappa shape index (κ3) is 4.68. The summed E-state index contributed by atoms with van der Waals surface area (Å²) < 4.78 is 12.9. The second-order valence-corrected chi connectivity index (χ2v) is 5.50. The monoisotopic (exact) mass is 295 g/mol. The number of aliphatic hydroxyl groups excluding tert-OH is 1. The van der Waals surface area contributed by atoms with Crippen molar-refractivity contribution in [2.24, 2.45) is 5.92 Å². The maximum absolute atomic E-state index is 12.9. The van der Waals surface area contributed by atoms with Crippen molar-refractivity contribution >= 4 is 17.3 Å². The molecule has 1 fully saturated rings. The molecule has 1 saturated heterocycles. The van der Waals surface area contributed by atoms with Crippen molar-refractivity contribution < 1.29 is 14.3 Å². The Balaban J connectivity index is 1.75. The lowest BCUT2D eigenvalue weighted by Crippen LogP contribution is -2.26. The van der Waals surface area contributed by atoms with Gasteiger partial charge < -0.3 is 21.1 Å². The molecule has 1 aliphatic rings. The smallest absolute Gasteiger partial charge is 0.225 e. The lowest BCUT2D eigenvalue weighted by atomic mass is 10.1. The first-order valence-corrected chi connectivity index (χ1v) is 7.26. The quantitative estimate of drug-likeness (QED) is 0.694. The highest BCUT2D eigenvalue weighted by atomic mass is 19.1. The van der Waals surface area contributed by atoms with Crippen LogP contribution in [0.1, 0.15) is 19.3 Å². The van der Waals surface area contributed by atoms with Gasteiger partial charge in [0.2, 0.25) is 5.91 Å². The highest BCUT2D eigenvalue weighted by molar-refractivity contribution is 5.93. The fourth-order valence-corrected chi connectivity index (χ4v) is 2.65. The highest BCUT2D eigenvalue weighted by Gasteiger charge is 2.22. The molecule has 21 heavy (non-hydrogen) atoms. The minimum absolute atomic E-state index is 0.126. The summed E-state index contributed by atoms with van der Waals surface area (Å²) in [5.41, 5.74) is 6.33. The van der Waals surface area contributed by atoms with Gasteiger partial charge in [0.05, 0.1) is 11.4 Å². The molecule has 1 heterocycles. The normalized spacial score (nSPS) is 18.9. The Morgan fingerprint density at radius 1 is 1.52 bits per heavy atom. The molecule has 116 valence electrons. The van der Waals surface area contributed by atoms with Crippen molar-refractivity contribution in [2.75, 3.05) is 37.3 Å². The minimum atomic E-state index is -0.419. The number of nitrogens with one attached hydrogen (secondary N) is 1. The first-order chi connectivity index (χ1) is 10.1. The molecule has 5 nitrogen and oxygen atoms in total. The molecule has 1 amide bonds. The van der Waals surface area contributed by atoms with Crippen LogP contribution >= 0.6 is 0 Å². The Morgan fingerprint density at radius 2 is 2.33 bits per heavy atom. The van der Waals surface area contributed by atoms with Crippen molar-refractivity contribution in [1.82, 2.24) is 4.90 Å². The topological polar surface area (TPSA) is 78.6 Å². The zero-order valence-electron chi connectivity index (χ0n) is 12.0. The van der Waals surface area contributed by atoms with Crippen molar-refractivity contribution in [3.8, 4) is 0 Å². The molecule has 0 aliphatic carbocycles. The Hall–Kier alpha value is -1.66. The maximum atomic E-state index is 12.9. The van der Waals surface area contributed by atoms with Crippen LogP contribution in [-0.4, -0.2) is 42.2 Å². The van der Waals surface area contributed by atoms with Crippen molar-refractivity contribution in [1.29, 1.82) is 0 Å².